The third kappa shape index (κ3) is 6.85. The van der Waals surface area contributed by atoms with Gasteiger partial charge in [0.15, 0.2) is 11.5 Å². The second kappa shape index (κ2) is 11.8. The molecule has 2 aromatic carbocycles. The fourth-order valence-electron chi connectivity index (χ4n) is 5.13. The Labute approximate surface area is 248 Å². The number of nitrogens with one attached hydrogen (secondary N) is 2. The number of fused-ring (bicyclic) bond motifs is 1. The number of hydrogen-bond donors (Lipinski definition) is 3. The highest BCUT2D eigenvalue weighted by molar-refractivity contribution is 6.02. The Balaban J connectivity index is 1.34. The molecule has 43 heavy (non-hydrogen) atoms. The fraction of sp³-hybridized carbons (Fsp3) is 0.387. The quantitative estimate of drug-likeness (QED) is 0.221. The summed E-state index contributed by atoms with van der Waals surface area (Å²) in [5, 5.41) is 10.3. The van der Waals surface area contributed by atoms with Crippen molar-refractivity contribution in [3.8, 4) is 16.9 Å². The van der Waals surface area contributed by atoms with Gasteiger partial charge in [-0.25, -0.2) is 14.5 Å². The predicted molar refractivity (Wildman–Crippen MR) is 162 cm³/mol. The number of aromatic nitrogens is 3. The average Bonchev–Trinajstić information content (AvgIpc) is 3.56. The van der Waals surface area contributed by atoms with Crippen molar-refractivity contribution in [2.24, 2.45) is 7.05 Å². The van der Waals surface area contributed by atoms with Gasteiger partial charge in [-0.1, -0.05) is 32.9 Å². The molecule has 0 atom stereocenters. The van der Waals surface area contributed by atoms with E-state index < -0.39 is 17.8 Å². The molecule has 2 aromatic heterocycles. The van der Waals surface area contributed by atoms with Crippen molar-refractivity contribution < 1.29 is 22.7 Å². The number of halogens is 3. The molecule has 228 valence electrons. The lowest BCUT2D eigenvalue weighted by atomic mass is 9.89. The zero-order chi connectivity index (χ0) is 30.9. The number of nitrogen functional groups attached to an aromatic ring is 1. The molecule has 1 aliphatic rings. The van der Waals surface area contributed by atoms with Crippen LogP contribution in [0.4, 0.5) is 35.2 Å². The molecule has 1 fully saturated rings. The zero-order valence-electron chi connectivity index (χ0n) is 24.7. The van der Waals surface area contributed by atoms with Crippen molar-refractivity contribution in [2.75, 3.05) is 42.6 Å². The molecule has 4 N–H and O–H groups in total. The number of urea groups is 1. The number of hydrogen-bond acceptors (Lipinski definition) is 6. The van der Waals surface area contributed by atoms with E-state index in [1.54, 1.807) is 23.9 Å². The molecule has 0 spiro atoms. The van der Waals surface area contributed by atoms with Gasteiger partial charge >= 0.3 is 12.2 Å². The SMILES string of the molecule is Cn1nc(N)c2c(-c3ccc(NC(=O)Nc4cc(C(F)(F)F)ccc4OCCN4CCCC4)cc3)cc(C(C)(C)C)nc21. The smallest absolute Gasteiger partial charge is 0.416 e. The molecule has 0 radical (unpaired) electrons. The highest BCUT2D eigenvalue weighted by Crippen LogP contribution is 2.37. The number of alkyl halides is 3. The number of rotatable bonds is 7. The van der Waals surface area contributed by atoms with Crippen LogP contribution in [-0.2, 0) is 18.6 Å². The molecule has 5 rings (SSSR count). The number of ether oxygens (including phenoxy) is 1. The van der Waals surface area contributed by atoms with Gasteiger partial charge in [0.1, 0.15) is 12.4 Å². The molecule has 2 amide bonds. The highest BCUT2D eigenvalue weighted by atomic mass is 19.4. The summed E-state index contributed by atoms with van der Waals surface area (Å²) in [5.74, 6) is 0.532. The van der Waals surface area contributed by atoms with Crippen LogP contribution in [0.2, 0.25) is 0 Å². The number of aryl methyl sites for hydroxylation is 1. The van der Waals surface area contributed by atoms with Crippen LogP contribution in [-0.4, -0.2) is 51.9 Å². The summed E-state index contributed by atoms with van der Waals surface area (Å²) in [4.78, 5) is 19.9. The summed E-state index contributed by atoms with van der Waals surface area (Å²) in [6, 6.07) is 11.5. The maximum Gasteiger partial charge on any atom is 0.416 e. The summed E-state index contributed by atoms with van der Waals surface area (Å²) in [7, 11) is 1.79. The van der Waals surface area contributed by atoms with E-state index in [-0.39, 0.29) is 16.9 Å². The number of pyridine rings is 1. The molecule has 0 aliphatic carbocycles. The number of carbonyl (C=O) groups excluding carboxylic acids is 1. The number of carbonyl (C=O) groups is 1. The van der Waals surface area contributed by atoms with Crippen LogP contribution in [0.15, 0.2) is 48.5 Å². The summed E-state index contributed by atoms with van der Waals surface area (Å²) in [6.07, 6.45) is -2.33. The third-order valence-electron chi connectivity index (χ3n) is 7.46. The first-order chi connectivity index (χ1) is 20.3. The van der Waals surface area contributed by atoms with E-state index in [1.807, 2.05) is 18.2 Å². The van der Waals surface area contributed by atoms with Crippen LogP contribution < -0.4 is 21.1 Å². The first-order valence-corrected chi connectivity index (χ1v) is 14.2. The lowest BCUT2D eigenvalue weighted by molar-refractivity contribution is -0.137. The van der Waals surface area contributed by atoms with Gasteiger partial charge in [-0.2, -0.15) is 18.3 Å². The number of nitrogens with two attached hydrogens (primary N) is 1. The van der Waals surface area contributed by atoms with Crippen molar-refractivity contribution in [1.82, 2.24) is 19.7 Å². The highest BCUT2D eigenvalue weighted by Gasteiger charge is 2.31. The van der Waals surface area contributed by atoms with Gasteiger partial charge in [0.05, 0.1) is 16.6 Å². The van der Waals surface area contributed by atoms with E-state index in [4.69, 9.17) is 15.5 Å². The van der Waals surface area contributed by atoms with Crippen molar-refractivity contribution in [2.45, 2.75) is 45.2 Å². The lowest BCUT2D eigenvalue weighted by Crippen LogP contribution is -2.25. The second-order valence-electron chi connectivity index (χ2n) is 11.8. The Morgan fingerprint density at radius 2 is 1.72 bits per heavy atom. The molecule has 9 nitrogen and oxygen atoms in total. The standard InChI is InChI=1S/C31H36F3N7O2/c1-30(2,3)25-18-22(26-27(35)39-40(4)28(26)38-25)19-7-10-21(11-8-19)36-29(42)37-23-17-20(31(32,33)34)9-12-24(23)43-16-15-41-13-5-6-14-41/h7-12,17-18H,5-6,13-16H2,1-4H3,(H2,35,39)(H2,36,37,42). The molecule has 1 saturated heterocycles. The van der Waals surface area contributed by atoms with Crippen molar-refractivity contribution in [1.29, 1.82) is 0 Å². The second-order valence-corrected chi connectivity index (χ2v) is 11.8. The minimum Gasteiger partial charge on any atom is -0.490 e. The summed E-state index contributed by atoms with van der Waals surface area (Å²) >= 11 is 0. The minimum absolute atomic E-state index is 0.0636. The van der Waals surface area contributed by atoms with Crippen LogP contribution in [0, 0.1) is 0 Å². The molecule has 12 heteroatoms. The Bertz CT molecular complexity index is 1620. The molecule has 1 aliphatic heterocycles. The summed E-state index contributed by atoms with van der Waals surface area (Å²) < 4.78 is 47.8. The van der Waals surface area contributed by atoms with Crippen LogP contribution in [0.5, 0.6) is 5.75 Å². The Hall–Kier alpha value is -4.32. The Morgan fingerprint density at radius 1 is 1.02 bits per heavy atom. The van der Waals surface area contributed by atoms with E-state index in [0.29, 0.717) is 30.3 Å². The molecular weight excluding hydrogens is 559 g/mol. The predicted octanol–water partition coefficient (Wildman–Crippen LogP) is 6.65. The minimum atomic E-state index is -4.57. The van der Waals surface area contributed by atoms with Gasteiger partial charge in [0.2, 0.25) is 0 Å². The van der Waals surface area contributed by atoms with E-state index in [1.165, 1.54) is 6.07 Å². The van der Waals surface area contributed by atoms with E-state index in [9.17, 15) is 18.0 Å². The molecule has 0 bridgehead atoms. The maximum absolute atomic E-state index is 13.4. The number of nitrogens with zero attached hydrogens (tertiary/aromatic N) is 4. The molecular formula is C31H36F3N7O2. The Morgan fingerprint density at radius 3 is 2.37 bits per heavy atom. The summed E-state index contributed by atoms with van der Waals surface area (Å²) in [5.41, 5.74) is 8.76. The number of amides is 2. The zero-order valence-corrected chi connectivity index (χ0v) is 24.7. The average molecular weight is 596 g/mol. The van der Waals surface area contributed by atoms with Crippen LogP contribution in [0.1, 0.15) is 44.9 Å². The largest absolute Gasteiger partial charge is 0.490 e. The Kier molecular flexibility index (Phi) is 8.24. The van der Waals surface area contributed by atoms with E-state index >= 15 is 0 Å². The molecule has 3 heterocycles. The van der Waals surface area contributed by atoms with Crippen LogP contribution in [0.3, 0.4) is 0 Å². The van der Waals surface area contributed by atoms with Crippen molar-refractivity contribution in [3.63, 3.8) is 0 Å². The first-order valence-electron chi connectivity index (χ1n) is 14.2. The van der Waals surface area contributed by atoms with Gasteiger partial charge in [-0.3, -0.25) is 4.90 Å². The molecule has 4 aromatic rings. The van der Waals surface area contributed by atoms with Gasteiger partial charge in [-0.15, -0.1) is 0 Å². The van der Waals surface area contributed by atoms with Gasteiger partial charge in [0.25, 0.3) is 0 Å². The fourth-order valence-corrected chi connectivity index (χ4v) is 5.13. The molecule has 0 unspecified atom stereocenters. The number of anilines is 3. The monoisotopic (exact) mass is 595 g/mol. The van der Waals surface area contributed by atoms with Gasteiger partial charge in [-0.05, 0) is 73.5 Å². The maximum atomic E-state index is 13.4. The van der Waals surface area contributed by atoms with E-state index in [0.717, 1.165) is 60.3 Å². The van der Waals surface area contributed by atoms with Crippen molar-refractivity contribution in [3.05, 3.63) is 59.8 Å². The molecule has 0 saturated carbocycles. The first kappa shape index (κ1) is 30.1. The normalized spacial score (nSPS) is 14.3. The van der Waals surface area contributed by atoms with Crippen LogP contribution in [0.25, 0.3) is 22.2 Å². The van der Waals surface area contributed by atoms with E-state index in [2.05, 4.69) is 41.4 Å². The van der Waals surface area contributed by atoms with Crippen LogP contribution >= 0.6 is 0 Å². The van der Waals surface area contributed by atoms with Gasteiger partial charge in [0, 0.05) is 30.4 Å². The topological polar surface area (TPSA) is 110 Å². The summed E-state index contributed by atoms with van der Waals surface area (Å²) in [6.45, 7) is 9.12. The van der Waals surface area contributed by atoms with Crippen molar-refractivity contribution >= 4 is 34.3 Å². The van der Waals surface area contributed by atoms with Gasteiger partial charge < -0.3 is 21.1 Å². The number of likely N-dealkylation sites (tertiary alicyclic amines) is 1. The lowest BCUT2D eigenvalue weighted by Gasteiger charge is -2.19. The number of benzene rings is 2. The third-order valence-corrected chi connectivity index (χ3v) is 7.46.